The van der Waals surface area contributed by atoms with E-state index in [1.807, 2.05) is 6.92 Å². The molecule has 6 heteroatoms. The van der Waals surface area contributed by atoms with Crippen LogP contribution in [0.5, 0.6) is 0 Å². The van der Waals surface area contributed by atoms with Crippen molar-refractivity contribution < 1.29 is 0 Å². The molecule has 0 amide bonds. The van der Waals surface area contributed by atoms with Crippen LogP contribution in [0.4, 0.5) is 0 Å². The number of nitrogens with two attached hydrogens (primary N) is 1. The Morgan fingerprint density at radius 3 is 3.00 bits per heavy atom. The molecule has 2 aromatic heterocycles. The van der Waals surface area contributed by atoms with E-state index in [0.29, 0.717) is 17.6 Å². The molecule has 0 aromatic carbocycles. The van der Waals surface area contributed by atoms with Gasteiger partial charge in [-0.15, -0.1) is 0 Å². The molecule has 0 spiro atoms. The summed E-state index contributed by atoms with van der Waals surface area (Å²) in [5.41, 5.74) is 6.14. The maximum atomic E-state index is 11.9. The Kier molecular flexibility index (Phi) is 2.28. The van der Waals surface area contributed by atoms with Crippen molar-refractivity contribution in [1.29, 1.82) is 0 Å². The topological polar surface area (TPSA) is 78.7 Å². The van der Waals surface area contributed by atoms with Gasteiger partial charge in [0.05, 0.1) is 6.20 Å². The van der Waals surface area contributed by atoms with E-state index in [0.717, 1.165) is 0 Å². The van der Waals surface area contributed by atoms with Gasteiger partial charge in [0.15, 0.2) is 5.65 Å². The Labute approximate surface area is 86.3 Å². The largest absolute Gasteiger partial charge is 0.326 e. The van der Waals surface area contributed by atoms with Gasteiger partial charge in [0.1, 0.15) is 11.7 Å². The Hall–Kier alpha value is -1.69. The number of rotatable bonds is 2. The van der Waals surface area contributed by atoms with Crippen LogP contribution < -0.4 is 11.3 Å². The van der Waals surface area contributed by atoms with Gasteiger partial charge in [0.2, 0.25) is 0 Å². The van der Waals surface area contributed by atoms with Crippen molar-refractivity contribution >= 4 is 11.0 Å². The minimum Gasteiger partial charge on any atom is -0.326 e. The maximum absolute atomic E-state index is 11.9. The molecular weight excluding hydrogens is 194 g/mol. The molecule has 2 N–H and O–H groups in total. The lowest BCUT2D eigenvalue weighted by atomic mass is 10.3. The fourth-order valence-electron chi connectivity index (χ4n) is 1.51. The van der Waals surface area contributed by atoms with Gasteiger partial charge in [-0.05, 0) is 6.92 Å². The van der Waals surface area contributed by atoms with Gasteiger partial charge in [0.25, 0.3) is 5.56 Å². The number of fused-ring (bicyclic) bond motifs is 1. The molecule has 0 saturated carbocycles. The van der Waals surface area contributed by atoms with Crippen molar-refractivity contribution in [2.75, 3.05) is 0 Å². The van der Waals surface area contributed by atoms with Crippen LogP contribution in [0.2, 0.25) is 0 Å². The molecule has 2 rings (SSSR count). The highest BCUT2D eigenvalue weighted by atomic mass is 16.1. The molecular formula is C9H13N5O. The van der Waals surface area contributed by atoms with Crippen molar-refractivity contribution in [3.63, 3.8) is 0 Å². The lowest BCUT2D eigenvalue weighted by Gasteiger charge is -2.07. The minimum atomic E-state index is -0.0922. The molecule has 0 radical (unpaired) electrons. The van der Waals surface area contributed by atoms with Crippen LogP contribution >= 0.6 is 0 Å². The Morgan fingerprint density at radius 2 is 2.33 bits per heavy atom. The molecule has 0 aliphatic heterocycles. The summed E-state index contributed by atoms with van der Waals surface area (Å²) < 4.78 is 3.08. The van der Waals surface area contributed by atoms with Gasteiger partial charge in [-0.25, -0.2) is 4.98 Å². The second-order valence-corrected chi connectivity index (χ2v) is 3.68. The second kappa shape index (κ2) is 3.47. The average Bonchev–Trinajstić information content (AvgIpc) is 2.53. The molecule has 2 aromatic rings. The molecule has 0 bridgehead atoms. The zero-order valence-electron chi connectivity index (χ0n) is 8.71. The van der Waals surface area contributed by atoms with Crippen LogP contribution in [0.1, 0.15) is 6.92 Å². The lowest BCUT2D eigenvalue weighted by Crippen LogP contribution is -2.29. The molecule has 1 unspecified atom stereocenters. The van der Waals surface area contributed by atoms with Crippen molar-refractivity contribution in [1.82, 2.24) is 19.3 Å². The van der Waals surface area contributed by atoms with Gasteiger partial charge in [-0.2, -0.15) is 5.10 Å². The predicted molar refractivity (Wildman–Crippen MR) is 56.4 cm³/mol. The number of aromatic nitrogens is 4. The quantitative estimate of drug-likeness (QED) is 0.718. The van der Waals surface area contributed by atoms with E-state index in [-0.39, 0.29) is 11.6 Å². The van der Waals surface area contributed by atoms with Crippen LogP contribution in [0.15, 0.2) is 17.3 Å². The van der Waals surface area contributed by atoms with Gasteiger partial charge < -0.3 is 5.73 Å². The molecule has 0 fully saturated rings. The number of aryl methyl sites for hydroxylation is 1. The van der Waals surface area contributed by atoms with E-state index in [4.69, 9.17) is 5.73 Å². The summed E-state index contributed by atoms with van der Waals surface area (Å²) in [6, 6.07) is -0.0707. The molecule has 15 heavy (non-hydrogen) atoms. The molecule has 0 aliphatic rings. The first-order valence-corrected chi connectivity index (χ1v) is 4.72. The third-order valence-electron chi connectivity index (χ3n) is 2.20. The zero-order chi connectivity index (χ0) is 11.0. The number of nitrogens with zero attached hydrogens (tertiary/aromatic N) is 4. The molecule has 2 heterocycles. The van der Waals surface area contributed by atoms with Gasteiger partial charge in [-0.1, -0.05) is 0 Å². The smallest absolute Gasteiger partial charge is 0.264 e. The monoisotopic (exact) mass is 207 g/mol. The first-order chi connectivity index (χ1) is 7.09. The van der Waals surface area contributed by atoms with Crippen LogP contribution in [0, 0.1) is 0 Å². The second-order valence-electron chi connectivity index (χ2n) is 3.68. The predicted octanol–water partition coefficient (Wildman–Crippen LogP) is -0.523. The van der Waals surface area contributed by atoms with E-state index in [2.05, 4.69) is 10.1 Å². The molecule has 0 saturated heterocycles. The third kappa shape index (κ3) is 1.63. The highest BCUT2D eigenvalue weighted by Gasteiger charge is 2.08. The van der Waals surface area contributed by atoms with Gasteiger partial charge in [0, 0.05) is 19.6 Å². The molecule has 1 atom stereocenters. The summed E-state index contributed by atoms with van der Waals surface area (Å²) in [4.78, 5) is 16.1. The zero-order valence-corrected chi connectivity index (χ0v) is 8.71. The minimum absolute atomic E-state index is 0.0707. The Morgan fingerprint density at radius 1 is 1.60 bits per heavy atom. The van der Waals surface area contributed by atoms with E-state index in [1.165, 1.54) is 17.1 Å². The van der Waals surface area contributed by atoms with E-state index >= 15 is 0 Å². The Bertz CT molecular complexity index is 539. The SMILES string of the molecule is CC(N)Cn1cnc2c(cnn2C)c1=O. The van der Waals surface area contributed by atoms with E-state index in [1.54, 1.807) is 11.7 Å². The third-order valence-corrected chi connectivity index (χ3v) is 2.20. The summed E-state index contributed by atoms with van der Waals surface area (Å²) in [5.74, 6) is 0. The molecule has 0 aliphatic carbocycles. The highest BCUT2D eigenvalue weighted by Crippen LogP contribution is 2.02. The fourth-order valence-corrected chi connectivity index (χ4v) is 1.51. The van der Waals surface area contributed by atoms with Gasteiger partial charge >= 0.3 is 0 Å². The summed E-state index contributed by atoms with van der Waals surface area (Å²) in [5, 5.41) is 4.51. The van der Waals surface area contributed by atoms with Crippen molar-refractivity contribution in [2.24, 2.45) is 12.8 Å². The summed E-state index contributed by atoms with van der Waals surface area (Å²) in [6.07, 6.45) is 3.04. The normalized spacial score (nSPS) is 13.3. The van der Waals surface area contributed by atoms with Crippen molar-refractivity contribution in [2.45, 2.75) is 19.5 Å². The van der Waals surface area contributed by atoms with E-state index in [9.17, 15) is 4.79 Å². The standard InChI is InChI=1S/C9H13N5O/c1-6(10)4-14-5-11-8-7(9(14)15)3-12-13(8)2/h3,5-6H,4,10H2,1-2H3. The van der Waals surface area contributed by atoms with Crippen molar-refractivity contribution in [3.05, 3.63) is 22.9 Å². The summed E-state index contributed by atoms with van der Waals surface area (Å²) in [7, 11) is 1.75. The van der Waals surface area contributed by atoms with Gasteiger partial charge in [-0.3, -0.25) is 14.0 Å². The first kappa shape index (κ1) is 9.85. The Balaban J connectivity index is 2.61. The van der Waals surface area contributed by atoms with Crippen LogP contribution in [0.25, 0.3) is 11.0 Å². The first-order valence-electron chi connectivity index (χ1n) is 4.72. The summed E-state index contributed by atoms with van der Waals surface area (Å²) in [6.45, 7) is 2.32. The summed E-state index contributed by atoms with van der Waals surface area (Å²) >= 11 is 0. The van der Waals surface area contributed by atoms with Crippen LogP contribution in [-0.4, -0.2) is 25.4 Å². The average molecular weight is 207 g/mol. The van der Waals surface area contributed by atoms with E-state index < -0.39 is 0 Å². The maximum Gasteiger partial charge on any atom is 0.264 e. The number of hydrogen-bond acceptors (Lipinski definition) is 4. The highest BCUT2D eigenvalue weighted by molar-refractivity contribution is 5.72. The van der Waals surface area contributed by atoms with Crippen molar-refractivity contribution in [3.8, 4) is 0 Å². The lowest BCUT2D eigenvalue weighted by molar-refractivity contribution is 0.569. The fraction of sp³-hybridized carbons (Fsp3) is 0.444. The number of hydrogen-bond donors (Lipinski definition) is 1. The molecule has 80 valence electrons. The van der Waals surface area contributed by atoms with Crippen LogP contribution in [-0.2, 0) is 13.6 Å². The molecule has 6 nitrogen and oxygen atoms in total. The van der Waals surface area contributed by atoms with Crippen LogP contribution in [0.3, 0.4) is 0 Å².